The fourth-order valence-corrected chi connectivity index (χ4v) is 1.31. The van der Waals surface area contributed by atoms with Crippen molar-refractivity contribution in [2.45, 2.75) is 0 Å². The van der Waals surface area contributed by atoms with Crippen molar-refractivity contribution in [3.8, 4) is 11.8 Å². The minimum atomic E-state index is -0.355. The number of aromatic nitrogens is 3. The number of nitrogens with zero attached hydrogens (tertiary/aromatic N) is 2. The summed E-state index contributed by atoms with van der Waals surface area (Å²) in [5.74, 6) is 0.0273. The van der Waals surface area contributed by atoms with E-state index in [2.05, 4.69) is 20.5 Å². The zero-order valence-electron chi connectivity index (χ0n) is 10.1. The van der Waals surface area contributed by atoms with Crippen molar-refractivity contribution in [2.75, 3.05) is 12.4 Å². The van der Waals surface area contributed by atoms with Crippen LogP contribution in [0.1, 0.15) is 5.56 Å². The van der Waals surface area contributed by atoms with Crippen LogP contribution in [0.4, 0.5) is 5.95 Å². The minimum absolute atomic E-state index is 0.151. The first-order valence-electron chi connectivity index (χ1n) is 5.42. The van der Waals surface area contributed by atoms with Gasteiger partial charge in [-0.25, -0.2) is 5.10 Å². The molecule has 0 aliphatic heterocycles. The lowest BCUT2D eigenvalue weighted by molar-refractivity contribution is -0.111. The average Bonchev–Trinajstić information content (AvgIpc) is 2.86. The maximum atomic E-state index is 11.6. The van der Waals surface area contributed by atoms with E-state index < -0.39 is 0 Å². The van der Waals surface area contributed by atoms with Crippen LogP contribution in [-0.2, 0) is 4.79 Å². The van der Waals surface area contributed by atoms with Gasteiger partial charge in [0.05, 0.1) is 7.11 Å². The summed E-state index contributed by atoms with van der Waals surface area (Å²) in [5, 5.41) is 17.8. The molecular formula is C12H12N4O3. The van der Waals surface area contributed by atoms with Gasteiger partial charge >= 0.3 is 6.01 Å². The van der Waals surface area contributed by atoms with Gasteiger partial charge in [0.2, 0.25) is 5.95 Å². The molecule has 3 N–H and O–H groups in total. The first kappa shape index (κ1) is 12.6. The Kier molecular flexibility index (Phi) is 3.77. The molecule has 1 heterocycles. The van der Waals surface area contributed by atoms with Gasteiger partial charge in [0.15, 0.2) is 0 Å². The zero-order valence-corrected chi connectivity index (χ0v) is 10.1. The third-order valence-corrected chi connectivity index (χ3v) is 2.21. The molecule has 0 bridgehead atoms. The second-order valence-corrected chi connectivity index (χ2v) is 3.58. The highest BCUT2D eigenvalue weighted by Gasteiger charge is 2.04. The van der Waals surface area contributed by atoms with Gasteiger partial charge in [-0.05, 0) is 23.8 Å². The Labute approximate surface area is 108 Å². The molecule has 2 aromatic rings. The van der Waals surface area contributed by atoms with Crippen LogP contribution in [0.15, 0.2) is 30.3 Å². The molecule has 0 unspecified atom stereocenters. The predicted molar refractivity (Wildman–Crippen MR) is 68.7 cm³/mol. The second-order valence-electron chi connectivity index (χ2n) is 3.58. The molecule has 0 saturated heterocycles. The summed E-state index contributed by atoms with van der Waals surface area (Å²) >= 11 is 0. The molecule has 1 aromatic heterocycles. The fraction of sp³-hybridized carbons (Fsp3) is 0.0833. The molecule has 0 aliphatic rings. The van der Waals surface area contributed by atoms with Crippen LogP contribution in [0.3, 0.4) is 0 Å². The summed E-state index contributed by atoms with van der Waals surface area (Å²) in [6.45, 7) is 0. The topological polar surface area (TPSA) is 100 Å². The van der Waals surface area contributed by atoms with Crippen LogP contribution in [0.25, 0.3) is 6.08 Å². The van der Waals surface area contributed by atoms with E-state index >= 15 is 0 Å². The average molecular weight is 260 g/mol. The van der Waals surface area contributed by atoms with E-state index in [0.717, 1.165) is 5.56 Å². The zero-order chi connectivity index (χ0) is 13.7. The van der Waals surface area contributed by atoms with Gasteiger partial charge in [0, 0.05) is 6.08 Å². The van der Waals surface area contributed by atoms with Gasteiger partial charge in [-0.1, -0.05) is 12.1 Å². The quantitative estimate of drug-likeness (QED) is 0.716. The molecule has 0 aliphatic carbocycles. The highest BCUT2D eigenvalue weighted by atomic mass is 16.5. The number of nitrogens with one attached hydrogen (secondary N) is 2. The lowest BCUT2D eigenvalue weighted by Gasteiger charge is -1.96. The number of hydrogen-bond acceptors (Lipinski definition) is 5. The normalized spacial score (nSPS) is 10.6. The van der Waals surface area contributed by atoms with Crippen molar-refractivity contribution >= 4 is 17.9 Å². The van der Waals surface area contributed by atoms with Crippen LogP contribution < -0.4 is 10.1 Å². The van der Waals surface area contributed by atoms with Crippen LogP contribution in [0, 0.1) is 0 Å². The van der Waals surface area contributed by atoms with Gasteiger partial charge in [0.25, 0.3) is 5.91 Å². The summed E-state index contributed by atoms with van der Waals surface area (Å²) in [5.41, 5.74) is 0.795. The number of H-pyrrole nitrogens is 1. The van der Waals surface area contributed by atoms with Crippen molar-refractivity contribution in [2.24, 2.45) is 0 Å². The Morgan fingerprint density at radius 3 is 2.79 bits per heavy atom. The minimum Gasteiger partial charge on any atom is -0.508 e. The maximum absolute atomic E-state index is 11.6. The smallest absolute Gasteiger partial charge is 0.336 e. The number of anilines is 1. The molecule has 1 amide bonds. The Morgan fingerprint density at radius 1 is 1.42 bits per heavy atom. The summed E-state index contributed by atoms with van der Waals surface area (Å²) in [7, 11) is 1.43. The van der Waals surface area contributed by atoms with Gasteiger partial charge in [0.1, 0.15) is 5.75 Å². The highest BCUT2D eigenvalue weighted by molar-refractivity contribution is 6.00. The summed E-state index contributed by atoms with van der Waals surface area (Å²) in [6, 6.07) is 6.61. The van der Waals surface area contributed by atoms with Crippen LogP contribution in [-0.4, -0.2) is 33.3 Å². The Hall–Kier alpha value is -2.83. The number of amides is 1. The van der Waals surface area contributed by atoms with Gasteiger partial charge < -0.3 is 9.84 Å². The van der Waals surface area contributed by atoms with E-state index in [4.69, 9.17) is 9.84 Å². The third-order valence-electron chi connectivity index (χ3n) is 2.21. The largest absolute Gasteiger partial charge is 0.508 e. The lowest BCUT2D eigenvalue weighted by atomic mass is 10.2. The molecule has 19 heavy (non-hydrogen) atoms. The van der Waals surface area contributed by atoms with Crippen molar-refractivity contribution in [3.05, 3.63) is 35.9 Å². The van der Waals surface area contributed by atoms with Gasteiger partial charge in [-0.15, -0.1) is 5.10 Å². The number of carbonyl (C=O) groups is 1. The van der Waals surface area contributed by atoms with E-state index in [9.17, 15) is 4.79 Å². The van der Waals surface area contributed by atoms with Crippen LogP contribution >= 0.6 is 0 Å². The number of rotatable bonds is 4. The number of aromatic amines is 1. The SMILES string of the molecule is COc1n[nH]c(NC(=O)/C=C/c2ccc(O)cc2)n1. The lowest BCUT2D eigenvalue weighted by Crippen LogP contribution is -2.09. The summed E-state index contributed by atoms with van der Waals surface area (Å²) < 4.78 is 4.77. The number of phenols is 1. The van der Waals surface area contributed by atoms with E-state index in [1.165, 1.54) is 13.2 Å². The monoisotopic (exact) mass is 260 g/mol. The molecule has 0 radical (unpaired) electrons. The number of hydrogen-bond donors (Lipinski definition) is 3. The number of methoxy groups -OCH3 is 1. The van der Waals surface area contributed by atoms with Gasteiger partial charge in [-0.3, -0.25) is 10.1 Å². The van der Waals surface area contributed by atoms with E-state index in [1.807, 2.05) is 0 Å². The summed E-state index contributed by atoms with van der Waals surface area (Å²) in [4.78, 5) is 15.4. The second kappa shape index (κ2) is 5.67. The predicted octanol–water partition coefficient (Wildman–Crippen LogP) is 1.17. The molecule has 0 fully saturated rings. The first-order chi connectivity index (χ1) is 9.17. The van der Waals surface area contributed by atoms with E-state index in [0.29, 0.717) is 0 Å². The number of benzene rings is 1. The van der Waals surface area contributed by atoms with Crippen molar-refractivity contribution in [1.29, 1.82) is 0 Å². The van der Waals surface area contributed by atoms with E-state index in [-0.39, 0.29) is 23.6 Å². The molecule has 1 aromatic carbocycles. The molecule has 0 saturated carbocycles. The highest BCUT2D eigenvalue weighted by Crippen LogP contribution is 2.11. The van der Waals surface area contributed by atoms with Crippen LogP contribution in [0.5, 0.6) is 11.8 Å². The Balaban J connectivity index is 1.95. The maximum Gasteiger partial charge on any atom is 0.336 e. The Morgan fingerprint density at radius 2 is 2.16 bits per heavy atom. The molecular weight excluding hydrogens is 248 g/mol. The number of ether oxygens (including phenoxy) is 1. The standard InChI is InChI=1S/C12H12N4O3/c1-19-12-14-11(15-16-12)13-10(18)7-4-8-2-5-9(17)6-3-8/h2-7,17H,1H3,(H2,13,14,15,16,18)/b7-4+. The number of phenolic OH excluding ortho intramolecular Hbond substituents is 1. The molecule has 7 heteroatoms. The molecule has 98 valence electrons. The molecule has 7 nitrogen and oxygen atoms in total. The molecule has 0 atom stereocenters. The van der Waals surface area contributed by atoms with Crippen molar-refractivity contribution in [3.63, 3.8) is 0 Å². The van der Waals surface area contributed by atoms with Crippen molar-refractivity contribution in [1.82, 2.24) is 15.2 Å². The fourth-order valence-electron chi connectivity index (χ4n) is 1.31. The van der Waals surface area contributed by atoms with Crippen LogP contribution in [0.2, 0.25) is 0 Å². The number of carbonyl (C=O) groups excluding carboxylic acids is 1. The first-order valence-corrected chi connectivity index (χ1v) is 5.42. The molecule has 2 rings (SSSR count). The molecule has 0 spiro atoms. The summed E-state index contributed by atoms with van der Waals surface area (Å²) in [6.07, 6.45) is 2.96. The third kappa shape index (κ3) is 3.56. The number of aromatic hydroxyl groups is 1. The van der Waals surface area contributed by atoms with Gasteiger partial charge in [-0.2, -0.15) is 4.98 Å². The van der Waals surface area contributed by atoms with Crippen molar-refractivity contribution < 1.29 is 14.6 Å². The Bertz CT molecular complexity index is 589. The van der Waals surface area contributed by atoms with E-state index in [1.54, 1.807) is 30.3 Å².